The van der Waals surface area contributed by atoms with Crippen LogP contribution in [0.4, 0.5) is 5.69 Å². The van der Waals surface area contributed by atoms with Gasteiger partial charge in [-0.05, 0) is 68.3 Å². The number of carbonyl (C=O) groups excluding carboxylic acids is 1. The second-order valence-electron chi connectivity index (χ2n) is 5.88. The summed E-state index contributed by atoms with van der Waals surface area (Å²) in [4.78, 5) is 11.2. The van der Waals surface area contributed by atoms with Gasteiger partial charge in [0.15, 0.2) is 5.78 Å². The zero-order valence-corrected chi connectivity index (χ0v) is 13.6. The third-order valence-corrected chi connectivity index (χ3v) is 3.75. The van der Waals surface area contributed by atoms with Crippen LogP contribution in [0.3, 0.4) is 0 Å². The van der Waals surface area contributed by atoms with Crippen molar-refractivity contribution in [1.29, 1.82) is 0 Å². The molecule has 0 aliphatic rings. The molecule has 0 saturated carbocycles. The highest BCUT2D eigenvalue weighted by atomic mass is 16.5. The zero-order chi connectivity index (χ0) is 16.1. The van der Waals surface area contributed by atoms with E-state index in [2.05, 4.69) is 26.1 Å². The molecule has 1 atom stereocenters. The molecule has 0 aliphatic carbocycles. The summed E-state index contributed by atoms with van der Waals surface area (Å²) in [6, 6.07) is 15.5. The van der Waals surface area contributed by atoms with Gasteiger partial charge >= 0.3 is 0 Å². The lowest BCUT2D eigenvalue weighted by atomic mass is 10.1. The van der Waals surface area contributed by atoms with Gasteiger partial charge in [0.05, 0.1) is 0 Å². The van der Waals surface area contributed by atoms with Gasteiger partial charge in [-0.1, -0.05) is 13.8 Å². The number of ether oxygens (including phenoxy) is 1. The largest absolute Gasteiger partial charge is 0.457 e. The highest BCUT2D eigenvalue weighted by Crippen LogP contribution is 2.24. The molecular weight excluding hydrogens is 274 g/mol. The number of carbonyl (C=O) groups is 1. The minimum atomic E-state index is 0.0567. The Morgan fingerprint density at radius 1 is 0.909 bits per heavy atom. The van der Waals surface area contributed by atoms with Gasteiger partial charge in [0.2, 0.25) is 0 Å². The third-order valence-electron chi connectivity index (χ3n) is 3.75. The Hall–Kier alpha value is -2.29. The van der Waals surface area contributed by atoms with E-state index in [4.69, 9.17) is 4.74 Å². The first-order valence-electron chi connectivity index (χ1n) is 7.61. The number of anilines is 1. The molecule has 0 spiro atoms. The minimum Gasteiger partial charge on any atom is -0.457 e. The highest BCUT2D eigenvalue weighted by molar-refractivity contribution is 5.94. The monoisotopic (exact) mass is 297 g/mol. The van der Waals surface area contributed by atoms with Crippen LogP contribution in [0, 0.1) is 5.92 Å². The van der Waals surface area contributed by atoms with E-state index in [9.17, 15) is 4.79 Å². The summed E-state index contributed by atoms with van der Waals surface area (Å²) >= 11 is 0. The number of Topliss-reactive ketones (excluding diaryl/α,β-unsaturated/α-hetero) is 1. The first-order valence-corrected chi connectivity index (χ1v) is 7.61. The molecule has 2 aromatic carbocycles. The third kappa shape index (κ3) is 4.35. The standard InChI is InChI=1S/C19H23NO2/c1-13(2)14(3)20-17-7-11-19(12-8-17)22-18-9-5-16(6-10-18)15(4)21/h5-14,20H,1-4H3. The summed E-state index contributed by atoms with van der Waals surface area (Å²) in [6.45, 7) is 8.12. The quantitative estimate of drug-likeness (QED) is 0.750. The lowest BCUT2D eigenvalue weighted by Crippen LogP contribution is -2.21. The van der Waals surface area contributed by atoms with Crippen molar-refractivity contribution in [2.24, 2.45) is 5.92 Å². The van der Waals surface area contributed by atoms with Crippen molar-refractivity contribution in [3.63, 3.8) is 0 Å². The fourth-order valence-corrected chi connectivity index (χ4v) is 1.94. The normalized spacial score (nSPS) is 12.0. The Kier molecular flexibility index (Phi) is 5.21. The molecule has 3 heteroatoms. The first-order chi connectivity index (χ1) is 10.5. The molecule has 0 saturated heterocycles. The van der Waals surface area contributed by atoms with Gasteiger partial charge in [0.1, 0.15) is 11.5 Å². The summed E-state index contributed by atoms with van der Waals surface area (Å²) in [6.07, 6.45) is 0. The fourth-order valence-electron chi connectivity index (χ4n) is 1.94. The number of hydrogen-bond donors (Lipinski definition) is 1. The fraction of sp³-hybridized carbons (Fsp3) is 0.316. The van der Waals surface area contributed by atoms with E-state index in [1.165, 1.54) is 0 Å². The van der Waals surface area contributed by atoms with Crippen molar-refractivity contribution in [2.45, 2.75) is 33.7 Å². The second kappa shape index (κ2) is 7.12. The van der Waals surface area contributed by atoms with Crippen LogP contribution in [0.1, 0.15) is 38.1 Å². The van der Waals surface area contributed by atoms with E-state index < -0.39 is 0 Å². The molecule has 2 rings (SSSR count). The lowest BCUT2D eigenvalue weighted by Gasteiger charge is -2.19. The molecule has 0 aromatic heterocycles. The van der Waals surface area contributed by atoms with Crippen LogP contribution in [-0.4, -0.2) is 11.8 Å². The molecule has 2 aromatic rings. The Balaban J connectivity index is 2.00. The zero-order valence-electron chi connectivity index (χ0n) is 13.6. The molecule has 0 amide bonds. The van der Waals surface area contributed by atoms with E-state index in [1.54, 1.807) is 19.1 Å². The molecule has 3 nitrogen and oxygen atoms in total. The number of hydrogen-bond acceptors (Lipinski definition) is 3. The molecule has 22 heavy (non-hydrogen) atoms. The maximum absolute atomic E-state index is 11.2. The van der Waals surface area contributed by atoms with Crippen LogP contribution in [0.5, 0.6) is 11.5 Å². The van der Waals surface area contributed by atoms with Gasteiger partial charge < -0.3 is 10.1 Å². The molecule has 0 heterocycles. The SMILES string of the molecule is CC(=O)c1ccc(Oc2ccc(NC(C)C(C)C)cc2)cc1. The van der Waals surface area contributed by atoms with Crippen molar-refractivity contribution in [1.82, 2.24) is 0 Å². The second-order valence-corrected chi connectivity index (χ2v) is 5.88. The number of ketones is 1. The topological polar surface area (TPSA) is 38.3 Å². The summed E-state index contributed by atoms with van der Waals surface area (Å²) in [5, 5.41) is 3.46. The van der Waals surface area contributed by atoms with Crippen LogP contribution in [-0.2, 0) is 0 Å². The van der Waals surface area contributed by atoms with Crippen LogP contribution < -0.4 is 10.1 Å². The maximum atomic E-state index is 11.2. The summed E-state index contributed by atoms with van der Waals surface area (Å²) in [5.41, 5.74) is 1.77. The lowest BCUT2D eigenvalue weighted by molar-refractivity contribution is 0.101. The molecule has 0 radical (unpaired) electrons. The predicted molar refractivity (Wildman–Crippen MR) is 90.9 cm³/mol. The van der Waals surface area contributed by atoms with Gasteiger partial charge in [0.25, 0.3) is 0 Å². The van der Waals surface area contributed by atoms with Gasteiger partial charge in [-0.3, -0.25) is 4.79 Å². The van der Waals surface area contributed by atoms with Crippen LogP contribution in [0.15, 0.2) is 48.5 Å². The average Bonchev–Trinajstić information content (AvgIpc) is 2.49. The van der Waals surface area contributed by atoms with E-state index >= 15 is 0 Å². The Morgan fingerprint density at radius 2 is 1.41 bits per heavy atom. The van der Waals surface area contributed by atoms with E-state index in [1.807, 2.05) is 36.4 Å². The summed E-state index contributed by atoms with van der Waals surface area (Å²) in [5.74, 6) is 2.14. The van der Waals surface area contributed by atoms with E-state index in [-0.39, 0.29) is 5.78 Å². The molecule has 0 aliphatic heterocycles. The van der Waals surface area contributed by atoms with E-state index in [0.717, 1.165) is 17.2 Å². The van der Waals surface area contributed by atoms with E-state index in [0.29, 0.717) is 17.5 Å². The van der Waals surface area contributed by atoms with Gasteiger partial charge in [-0.2, -0.15) is 0 Å². The Morgan fingerprint density at radius 3 is 1.86 bits per heavy atom. The minimum absolute atomic E-state index is 0.0567. The first kappa shape index (κ1) is 16.1. The molecule has 1 unspecified atom stereocenters. The molecule has 116 valence electrons. The molecule has 1 N–H and O–H groups in total. The highest BCUT2D eigenvalue weighted by Gasteiger charge is 2.06. The number of nitrogens with one attached hydrogen (secondary N) is 1. The summed E-state index contributed by atoms with van der Waals surface area (Å²) < 4.78 is 5.78. The molecule has 0 fully saturated rings. The van der Waals surface area contributed by atoms with Crippen molar-refractivity contribution in [2.75, 3.05) is 5.32 Å². The Bertz CT molecular complexity index is 615. The van der Waals surface area contributed by atoms with Crippen LogP contribution in [0.25, 0.3) is 0 Å². The summed E-state index contributed by atoms with van der Waals surface area (Å²) in [7, 11) is 0. The Labute approximate surface area is 132 Å². The smallest absolute Gasteiger partial charge is 0.159 e. The maximum Gasteiger partial charge on any atom is 0.159 e. The van der Waals surface area contributed by atoms with Crippen LogP contribution in [0.2, 0.25) is 0 Å². The van der Waals surface area contributed by atoms with Crippen molar-refractivity contribution in [3.05, 3.63) is 54.1 Å². The van der Waals surface area contributed by atoms with Gasteiger partial charge in [-0.15, -0.1) is 0 Å². The van der Waals surface area contributed by atoms with Crippen molar-refractivity contribution < 1.29 is 9.53 Å². The number of rotatable bonds is 6. The molecule has 0 bridgehead atoms. The van der Waals surface area contributed by atoms with Crippen molar-refractivity contribution in [3.8, 4) is 11.5 Å². The van der Waals surface area contributed by atoms with Crippen LogP contribution >= 0.6 is 0 Å². The number of benzene rings is 2. The predicted octanol–water partition coefficient (Wildman–Crippen LogP) is 5.14. The average molecular weight is 297 g/mol. The van der Waals surface area contributed by atoms with Crippen molar-refractivity contribution >= 4 is 11.5 Å². The van der Waals surface area contributed by atoms with Gasteiger partial charge in [0, 0.05) is 17.3 Å². The molecular formula is C19H23NO2. The van der Waals surface area contributed by atoms with Gasteiger partial charge in [-0.25, -0.2) is 0 Å².